The van der Waals surface area contributed by atoms with Gasteiger partial charge in [0.25, 0.3) is 0 Å². The quantitative estimate of drug-likeness (QED) is 0.216. The molecule has 18 atom stereocenters. The maximum Gasteiger partial charge on any atom is 0.307 e. The van der Waals surface area contributed by atoms with Crippen LogP contribution in [0.15, 0.2) is 0 Å². The molecule has 8 aliphatic rings. The third kappa shape index (κ3) is 5.48. The van der Waals surface area contributed by atoms with E-state index in [1.165, 1.54) is 6.42 Å². The minimum atomic E-state index is -0.675. The molecular weight excluding hydrogens is 618 g/mol. The molecule has 0 heterocycles. The van der Waals surface area contributed by atoms with E-state index in [0.29, 0.717) is 47.8 Å². The van der Waals surface area contributed by atoms with Crippen molar-refractivity contribution in [3.8, 4) is 0 Å². The van der Waals surface area contributed by atoms with E-state index in [1.54, 1.807) is 7.05 Å². The zero-order valence-electron chi connectivity index (χ0n) is 30.9. The molecule has 8 aliphatic carbocycles. The molecule has 8 nitrogen and oxygen atoms in total. The fourth-order valence-electron chi connectivity index (χ4n) is 15.7. The molecular formula is C41H67NO7. The molecule has 8 rings (SSSR count). The molecule has 0 aromatic carbocycles. The summed E-state index contributed by atoms with van der Waals surface area (Å²) >= 11 is 0. The molecule has 0 saturated heterocycles. The highest BCUT2D eigenvalue weighted by molar-refractivity contribution is 5.79. The molecule has 8 heteroatoms. The third-order valence-corrected chi connectivity index (χ3v) is 18.0. The van der Waals surface area contributed by atoms with Crippen LogP contribution in [0.5, 0.6) is 0 Å². The van der Waals surface area contributed by atoms with Crippen LogP contribution in [0.2, 0.25) is 0 Å². The number of aliphatic hydroxyl groups is 4. The molecule has 8 saturated carbocycles. The molecule has 0 aliphatic heterocycles. The predicted octanol–water partition coefficient (Wildman–Crippen LogP) is 5.78. The number of aliphatic hydroxyl groups excluding tert-OH is 4. The summed E-state index contributed by atoms with van der Waals surface area (Å²) in [5.74, 6) is 2.95. The average Bonchev–Trinajstić information content (AvgIpc) is 3.57. The van der Waals surface area contributed by atoms with E-state index in [9.17, 15) is 35.1 Å². The molecule has 0 aromatic heterocycles. The summed E-state index contributed by atoms with van der Waals surface area (Å²) in [6.07, 6.45) is 14.4. The Morgan fingerprint density at radius 3 is 1.43 bits per heavy atom. The Kier molecular flexibility index (Phi) is 9.39. The van der Waals surface area contributed by atoms with Crippen molar-refractivity contribution in [2.24, 2.45) is 80.8 Å². The van der Waals surface area contributed by atoms with Crippen molar-refractivity contribution >= 4 is 11.9 Å². The van der Waals surface area contributed by atoms with Gasteiger partial charge >= 0.3 is 5.97 Å². The van der Waals surface area contributed by atoms with Crippen molar-refractivity contribution in [1.82, 2.24) is 5.32 Å². The van der Waals surface area contributed by atoms with Gasteiger partial charge in [-0.25, -0.2) is 0 Å². The second-order valence-electron chi connectivity index (χ2n) is 19.8. The van der Waals surface area contributed by atoms with Crippen molar-refractivity contribution in [3.63, 3.8) is 0 Å². The summed E-state index contributed by atoms with van der Waals surface area (Å²) in [6.45, 7) is 9.12. The number of nitrogens with one attached hydrogen (secondary N) is 1. The van der Waals surface area contributed by atoms with Gasteiger partial charge < -0.3 is 30.8 Å². The van der Waals surface area contributed by atoms with Crippen LogP contribution in [0.1, 0.15) is 130 Å². The summed E-state index contributed by atoms with van der Waals surface area (Å²) in [4.78, 5) is 24.2. The molecule has 6 N–H and O–H groups in total. The topological polar surface area (TPSA) is 147 Å². The number of carboxylic acid groups (broad SMARTS) is 1. The van der Waals surface area contributed by atoms with E-state index in [-0.39, 0.29) is 69.7 Å². The SMILES string of the molecule is CNC(=O)[C@H]1CC[C@H]2[C@@H]3CCC4C[C@@H](O)CC[C@]4(C)[C@H]3[C@@H](O)C[C@]12C.C[C@]12C[C@H](O)[C@H]3[C@@H](CCC4C[C@@H](O)CC[C@@]43C)[C@@H]1CC[C@@H]2C(=O)O. The van der Waals surface area contributed by atoms with Gasteiger partial charge in [-0.1, -0.05) is 27.7 Å². The Balaban J connectivity index is 0.000000154. The van der Waals surface area contributed by atoms with E-state index < -0.39 is 5.97 Å². The van der Waals surface area contributed by atoms with Crippen LogP contribution >= 0.6 is 0 Å². The van der Waals surface area contributed by atoms with Gasteiger partial charge in [-0.2, -0.15) is 0 Å². The van der Waals surface area contributed by atoms with Crippen LogP contribution in [-0.2, 0) is 9.59 Å². The van der Waals surface area contributed by atoms with Gasteiger partial charge in [0.2, 0.25) is 5.91 Å². The lowest BCUT2D eigenvalue weighted by Gasteiger charge is -2.62. The molecule has 8 fully saturated rings. The number of hydrogen-bond donors (Lipinski definition) is 6. The van der Waals surface area contributed by atoms with Gasteiger partial charge in [0.1, 0.15) is 0 Å². The maximum absolute atomic E-state index is 12.4. The summed E-state index contributed by atoms with van der Waals surface area (Å²) in [5, 5.41) is 55.1. The standard InChI is InChI=1S/C21H35NO3.C20H32O4/c1-20-9-8-13(23)10-12(20)4-5-14-15-6-7-16(19(25)22-3)21(15,2)11-17(24)18(14)20;1-19-8-7-12(21)9-11(19)3-4-13-14-5-6-15(18(23)24)20(14,2)10-16(22)17(13)19/h12-18,23-24H,4-11H2,1-3H3,(H,22,25);11-17,21-22H,3-10H2,1-2H3,(H,23,24)/t12?,13-,14-,15-,16+,17-,18+,20-,21-;11?,12-,13-,14-,15+,16-,17+,19-,20-/m00/s1. The number of amides is 1. The Hall–Kier alpha value is -1.22. The number of carbonyl (C=O) groups excluding carboxylic acids is 1. The smallest absolute Gasteiger partial charge is 0.307 e. The van der Waals surface area contributed by atoms with E-state index in [0.717, 1.165) is 89.9 Å². The van der Waals surface area contributed by atoms with Crippen LogP contribution in [0.4, 0.5) is 0 Å². The molecule has 0 aromatic rings. The van der Waals surface area contributed by atoms with Crippen LogP contribution in [0.25, 0.3) is 0 Å². The Morgan fingerprint density at radius 1 is 0.571 bits per heavy atom. The molecule has 49 heavy (non-hydrogen) atoms. The second-order valence-corrected chi connectivity index (χ2v) is 19.8. The molecule has 0 radical (unpaired) electrons. The normalized spacial score (nSPS) is 55.9. The summed E-state index contributed by atoms with van der Waals surface area (Å²) in [5.41, 5.74) is -0.0277. The van der Waals surface area contributed by atoms with Crippen molar-refractivity contribution < 1.29 is 35.1 Å². The Morgan fingerprint density at radius 2 is 1.00 bits per heavy atom. The monoisotopic (exact) mass is 685 g/mol. The predicted molar refractivity (Wildman–Crippen MR) is 187 cm³/mol. The fraction of sp³-hybridized carbons (Fsp3) is 0.951. The first-order valence-electron chi connectivity index (χ1n) is 20.2. The van der Waals surface area contributed by atoms with E-state index in [4.69, 9.17) is 0 Å². The molecule has 278 valence electrons. The van der Waals surface area contributed by atoms with Crippen molar-refractivity contribution in [1.29, 1.82) is 0 Å². The zero-order chi connectivity index (χ0) is 35.3. The molecule has 1 amide bonds. The van der Waals surface area contributed by atoms with Crippen LogP contribution in [0, 0.1) is 80.8 Å². The first kappa shape index (κ1) is 36.2. The van der Waals surface area contributed by atoms with E-state index in [2.05, 4.69) is 33.0 Å². The number of aliphatic carboxylic acids is 1. The first-order chi connectivity index (χ1) is 23.1. The lowest BCUT2D eigenvalue weighted by molar-refractivity contribution is -0.182. The number of rotatable bonds is 2. The van der Waals surface area contributed by atoms with Crippen molar-refractivity contribution in [2.45, 2.75) is 155 Å². The largest absolute Gasteiger partial charge is 0.481 e. The van der Waals surface area contributed by atoms with Gasteiger partial charge in [-0.05, 0) is 172 Å². The fourth-order valence-corrected chi connectivity index (χ4v) is 15.7. The van der Waals surface area contributed by atoms with E-state index >= 15 is 0 Å². The van der Waals surface area contributed by atoms with Gasteiger partial charge in [-0.3, -0.25) is 9.59 Å². The van der Waals surface area contributed by atoms with Gasteiger partial charge in [0, 0.05) is 13.0 Å². The molecule has 0 bridgehead atoms. The number of fused-ring (bicyclic) bond motifs is 10. The maximum atomic E-state index is 12.4. The zero-order valence-corrected chi connectivity index (χ0v) is 30.9. The van der Waals surface area contributed by atoms with Crippen LogP contribution in [-0.4, -0.2) is 68.9 Å². The highest BCUT2D eigenvalue weighted by Crippen LogP contribution is 2.69. The minimum absolute atomic E-state index is 0.0526. The molecule has 2 unspecified atom stereocenters. The van der Waals surface area contributed by atoms with E-state index in [1.807, 2.05) is 0 Å². The third-order valence-electron chi connectivity index (χ3n) is 18.0. The number of hydrogen-bond acceptors (Lipinski definition) is 6. The number of carbonyl (C=O) groups is 2. The highest BCUT2D eigenvalue weighted by Gasteiger charge is 2.65. The summed E-state index contributed by atoms with van der Waals surface area (Å²) in [7, 11) is 1.74. The van der Waals surface area contributed by atoms with Gasteiger partial charge in [0.05, 0.1) is 30.3 Å². The summed E-state index contributed by atoms with van der Waals surface area (Å²) in [6, 6.07) is 0. The van der Waals surface area contributed by atoms with Crippen LogP contribution in [0.3, 0.4) is 0 Å². The first-order valence-corrected chi connectivity index (χ1v) is 20.2. The minimum Gasteiger partial charge on any atom is -0.481 e. The number of carboxylic acids is 1. The van der Waals surface area contributed by atoms with Crippen molar-refractivity contribution in [2.75, 3.05) is 7.05 Å². The lowest BCUT2D eigenvalue weighted by Crippen LogP contribution is -2.59. The van der Waals surface area contributed by atoms with Gasteiger partial charge in [-0.15, -0.1) is 0 Å². The highest BCUT2D eigenvalue weighted by atomic mass is 16.4. The molecule has 0 spiro atoms. The average molecular weight is 686 g/mol. The Labute approximate surface area is 294 Å². The lowest BCUT2D eigenvalue weighted by atomic mass is 9.44. The Bertz CT molecular complexity index is 1280. The van der Waals surface area contributed by atoms with Crippen molar-refractivity contribution in [3.05, 3.63) is 0 Å². The van der Waals surface area contributed by atoms with Crippen LogP contribution < -0.4 is 5.32 Å². The summed E-state index contributed by atoms with van der Waals surface area (Å²) < 4.78 is 0. The second kappa shape index (κ2) is 12.7. The van der Waals surface area contributed by atoms with Gasteiger partial charge in [0.15, 0.2) is 0 Å².